The Labute approximate surface area is 135 Å². The van der Waals surface area contributed by atoms with Crippen LogP contribution in [-0.4, -0.2) is 30.0 Å². The van der Waals surface area contributed by atoms with Crippen LogP contribution >= 0.6 is 15.9 Å². The van der Waals surface area contributed by atoms with Gasteiger partial charge in [-0.3, -0.25) is 14.9 Å². The minimum absolute atomic E-state index is 0.0475. The maximum absolute atomic E-state index is 12.4. The average Bonchev–Trinajstić information content (AvgIpc) is 2.34. The summed E-state index contributed by atoms with van der Waals surface area (Å²) >= 11 is 3.05. The molecule has 122 valence electrons. The molecule has 0 saturated heterocycles. The van der Waals surface area contributed by atoms with Gasteiger partial charge in [0.15, 0.2) is 4.90 Å². The molecule has 1 aromatic carbocycles. The van der Waals surface area contributed by atoms with E-state index in [1.165, 1.54) is 19.9 Å². The molecule has 10 heteroatoms. The topological polar surface area (TPSA) is 127 Å². The van der Waals surface area contributed by atoms with E-state index in [-0.39, 0.29) is 12.8 Å². The van der Waals surface area contributed by atoms with Crippen molar-refractivity contribution in [3.05, 3.63) is 32.8 Å². The number of aliphatic carboxylic acids is 1. The van der Waals surface area contributed by atoms with E-state index in [2.05, 4.69) is 20.7 Å². The fraction of sp³-hybridized carbons (Fsp3) is 0.417. The summed E-state index contributed by atoms with van der Waals surface area (Å²) in [5.74, 6) is -1.05. The van der Waals surface area contributed by atoms with Gasteiger partial charge in [-0.1, -0.05) is 15.9 Å². The number of sulfonamides is 1. The van der Waals surface area contributed by atoms with E-state index < -0.39 is 37.0 Å². The predicted molar refractivity (Wildman–Crippen MR) is 82.1 cm³/mol. The second-order valence-corrected chi connectivity index (χ2v) is 7.82. The van der Waals surface area contributed by atoms with Crippen molar-refractivity contribution in [3.63, 3.8) is 0 Å². The number of rotatable bonds is 7. The number of nitrogens with zero attached hydrogens (tertiary/aromatic N) is 1. The van der Waals surface area contributed by atoms with Crippen molar-refractivity contribution in [2.75, 3.05) is 0 Å². The minimum Gasteiger partial charge on any atom is -0.481 e. The van der Waals surface area contributed by atoms with Crippen LogP contribution in [0.15, 0.2) is 27.6 Å². The number of nitro benzene ring substituents is 1. The number of hydrogen-bond donors (Lipinski definition) is 2. The zero-order chi connectivity index (χ0) is 17.1. The first-order valence-corrected chi connectivity index (χ1v) is 8.42. The van der Waals surface area contributed by atoms with E-state index in [4.69, 9.17) is 5.11 Å². The number of carboxylic acids is 1. The summed E-state index contributed by atoms with van der Waals surface area (Å²) in [5.41, 5.74) is -1.62. The lowest BCUT2D eigenvalue weighted by Gasteiger charge is -2.25. The molecule has 0 radical (unpaired) electrons. The van der Waals surface area contributed by atoms with Gasteiger partial charge in [0, 0.05) is 22.5 Å². The lowest BCUT2D eigenvalue weighted by atomic mass is 10.0. The molecule has 0 spiro atoms. The molecule has 0 aliphatic rings. The molecule has 0 aliphatic carbocycles. The van der Waals surface area contributed by atoms with E-state index in [1.54, 1.807) is 0 Å². The van der Waals surface area contributed by atoms with Gasteiger partial charge < -0.3 is 5.11 Å². The van der Waals surface area contributed by atoms with Gasteiger partial charge in [0.25, 0.3) is 5.69 Å². The fourth-order valence-corrected chi connectivity index (χ4v) is 3.69. The van der Waals surface area contributed by atoms with Gasteiger partial charge in [-0.25, -0.2) is 13.1 Å². The number of carbonyl (C=O) groups is 1. The standard InChI is InChI=1S/C12H15BrN2O6S/c1-12(2,6-5-11(16)17)14-22(20,21)10-4-3-8(13)7-9(10)15(18)19/h3-4,7,14H,5-6H2,1-2H3,(H,16,17). The van der Waals surface area contributed by atoms with Gasteiger partial charge in [-0.05, 0) is 32.4 Å². The molecule has 0 atom stereocenters. The molecule has 0 heterocycles. The second kappa shape index (κ2) is 6.71. The summed E-state index contributed by atoms with van der Waals surface area (Å²) in [6, 6.07) is 3.60. The third-order valence-corrected chi connectivity index (χ3v) is 5.02. The molecule has 22 heavy (non-hydrogen) atoms. The molecule has 0 fully saturated rings. The second-order valence-electron chi connectivity index (χ2n) is 5.25. The highest BCUT2D eigenvalue weighted by molar-refractivity contribution is 9.10. The van der Waals surface area contributed by atoms with Crippen LogP contribution in [0.25, 0.3) is 0 Å². The van der Waals surface area contributed by atoms with Gasteiger partial charge >= 0.3 is 5.97 Å². The van der Waals surface area contributed by atoms with Gasteiger partial charge in [0.05, 0.1) is 4.92 Å². The third-order valence-electron chi connectivity index (χ3n) is 2.78. The Morgan fingerprint density at radius 1 is 1.45 bits per heavy atom. The van der Waals surface area contributed by atoms with Gasteiger partial charge in [0.2, 0.25) is 10.0 Å². The first-order valence-electron chi connectivity index (χ1n) is 6.14. The van der Waals surface area contributed by atoms with Gasteiger partial charge in [-0.2, -0.15) is 0 Å². The van der Waals surface area contributed by atoms with Gasteiger partial charge in [-0.15, -0.1) is 0 Å². The average molecular weight is 395 g/mol. The molecule has 0 aromatic heterocycles. The van der Waals surface area contributed by atoms with Crippen molar-refractivity contribution in [3.8, 4) is 0 Å². The zero-order valence-electron chi connectivity index (χ0n) is 11.9. The van der Waals surface area contributed by atoms with E-state index >= 15 is 0 Å². The number of nitro groups is 1. The number of halogens is 1. The SMILES string of the molecule is CC(C)(CCC(=O)O)NS(=O)(=O)c1ccc(Br)cc1[N+](=O)[O-]. The number of hydrogen-bond acceptors (Lipinski definition) is 5. The molecule has 1 aromatic rings. The van der Waals surface area contributed by atoms with Crippen LogP contribution < -0.4 is 4.72 Å². The Bertz CT molecular complexity index is 702. The molecule has 1 rings (SSSR count). The highest BCUT2D eigenvalue weighted by Crippen LogP contribution is 2.28. The van der Waals surface area contributed by atoms with E-state index in [0.29, 0.717) is 4.47 Å². The van der Waals surface area contributed by atoms with Crippen molar-refractivity contribution in [1.29, 1.82) is 0 Å². The molecule has 8 nitrogen and oxygen atoms in total. The molecule has 0 saturated carbocycles. The number of nitrogens with one attached hydrogen (secondary N) is 1. The van der Waals surface area contributed by atoms with Crippen LogP contribution in [0.1, 0.15) is 26.7 Å². The Hall–Kier alpha value is -1.52. The smallest absolute Gasteiger partial charge is 0.303 e. The number of carboxylic acid groups (broad SMARTS) is 1. The Balaban J connectivity index is 3.15. The van der Waals surface area contributed by atoms with E-state index in [1.807, 2.05) is 0 Å². The summed E-state index contributed by atoms with van der Waals surface area (Å²) in [7, 11) is -4.16. The lowest BCUT2D eigenvalue weighted by Crippen LogP contribution is -2.43. The van der Waals surface area contributed by atoms with E-state index in [0.717, 1.165) is 12.1 Å². The van der Waals surface area contributed by atoms with Crippen LogP contribution in [0.5, 0.6) is 0 Å². The Kier molecular flexibility index (Phi) is 5.65. The first kappa shape index (κ1) is 18.5. The maximum Gasteiger partial charge on any atom is 0.303 e. The molecule has 0 bridgehead atoms. The highest BCUT2D eigenvalue weighted by Gasteiger charge is 2.31. The Morgan fingerprint density at radius 3 is 2.55 bits per heavy atom. The van der Waals surface area contributed by atoms with Crippen molar-refractivity contribution in [1.82, 2.24) is 4.72 Å². The van der Waals surface area contributed by atoms with E-state index in [9.17, 15) is 23.3 Å². The van der Waals surface area contributed by atoms with Crippen LogP contribution in [0.4, 0.5) is 5.69 Å². The van der Waals surface area contributed by atoms with Gasteiger partial charge in [0.1, 0.15) is 0 Å². The molecular formula is C12H15BrN2O6S. The van der Waals surface area contributed by atoms with Crippen molar-refractivity contribution in [2.24, 2.45) is 0 Å². The van der Waals surface area contributed by atoms with Crippen LogP contribution in [0, 0.1) is 10.1 Å². The molecule has 0 unspecified atom stereocenters. The van der Waals surface area contributed by atoms with Crippen molar-refractivity contribution >= 4 is 37.6 Å². The first-order chi connectivity index (χ1) is 9.94. The summed E-state index contributed by atoms with van der Waals surface area (Å²) in [4.78, 5) is 20.4. The maximum atomic E-state index is 12.4. The number of benzene rings is 1. The largest absolute Gasteiger partial charge is 0.481 e. The summed E-state index contributed by atoms with van der Waals surface area (Å²) in [6.07, 6.45) is -0.177. The third kappa shape index (κ3) is 5.04. The summed E-state index contributed by atoms with van der Waals surface area (Å²) in [6.45, 7) is 3.02. The van der Waals surface area contributed by atoms with Crippen LogP contribution in [0.3, 0.4) is 0 Å². The quantitative estimate of drug-likeness (QED) is 0.539. The fourth-order valence-electron chi connectivity index (χ4n) is 1.75. The Morgan fingerprint density at radius 2 is 2.05 bits per heavy atom. The minimum atomic E-state index is -4.16. The van der Waals surface area contributed by atoms with Crippen LogP contribution in [0.2, 0.25) is 0 Å². The monoisotopic (exact) mass is 394 g/mol. The predicted octanol–water partition coefficient (Wildman–Crippen LogP) is 2.28. The molecule has 0 amide bonds. The van der Waals surface area contributed by atoms with Crippen molar-refractivity contribution < 1.29 is 23.2 Å². The normalized spacial score (nSPS) is 12.1. The molecule has 0 aliphatic heterocycles. The van der Waals surface area contributed by atoms with Crippen molar-refractivity contribution in [2.45, 2.75) is 37.1 Å². The zero-order valence-corrected chi connectivity index (χ0v) is 14.3. The summed E-state index contributed by atoms with van der Waals surface area (Å²) < 4.78 is 27.4. The molecular weight excluding hydrogens is 380 g/mol. The summed E-state index contributed by atoms with van der Waals surface area (Å²) in [5, 5.41) is 19.7. The van der Waals surface area contributed by atoms with Crippen LogP contribution in [-0.2, 0) is 14.8 Å². The molecule has 2 N–H and O–H groups in total. The lowest BCUT2D eigenvalue weighted by molar-refractivity contribution is -0.387. The highest BCUT2D eigenvalue weighted by atomic mass is 79.9.